The quantitative estimate of drug-likeness (QED) is 0.818. The molecular formula is C20H24N2O. The highest BCUT2D eigenvalue weighted by atomic mass is 16.2. The van der Waals surface area contributed by atoms with Crippen LogP contribution in [-0.4, -0.2) is 12.1 Å². The van der Waals surface area contributed by atoms with E-state index >= 15 is 0 Å². The first-order valence-corrected chi connectivity index (χ1v) is 8.45. The van der Waals surface area contributed by atoms with Crippen molar-refractivity contribution in [2.45, 2.75) is 38.6 Å². The van der Waals surface area contributed by atoms with Gasteiger partial charge in [-0.2, -0.15) is 0 Å². The molecule has 0 spiro atoms. The Bertz CT molecular complexity index is 636. The van der Waals surface area contributed by atoms with Crippen LogP contribution in [0.1, 0.15) is 32.6 Å². The normalized spacial score (nSPS) is 20.7. The highest BCUT2D eigenvalue weighted by Crippen LogP contribution is 2.24. The second kappa shape index (κ2) is 7.32. The third-order valence-corrected chi connectivity index (χ3v) is 4.68. The lowest BCUT2D eigenvalue weighted by Crippen LogP contribution is -2.43. The van der Waals surface area contributed by atoms with Gasteiger partial charge in [0.1, 0.15) is 0 Å². The number of nitrogens with one attached hydrogen (secondary N) is 2. The van der Waals surface area contributed by atoms with Crippen LogP contribution in [0, 0.1) is 5.92 Å². The molecule has 0 aromatic heterocycles. The zero-order valence-corrected chi connectivity index (χ0v) is 13.6. The maximum atomic E-state index is 12.2. The molecule has 1 aliphatic rings. The molecule has 2 unspecified atom stereocenters. The summed E-state index contributed by atoms with van der Waals surface area (Å²) < 4.78 is 0. The molecule has 1 saturated carbocycles. The molecule has 23 heavy (non-hydrogen) atoms. The zero-order valence-electron chi connectivity index (χ0n) is 13.6. The van der Waals surface area contributed by atoms with Gasteiger partial charge in [-0.15, -0.1) is 0 Å². The Labute approximate surface area is 138 Å². The Hall–Kier alpha value is -2.29. The van der Waals surface area contributed by atoms with Crippen molar-refractivity contribution >= 4 is 11.7 Å². The van der Waals surface area contributed by atoms with Gasteiger partial charge in [-0.1, -0.05) is 62.2 Å². The van der Waals surface area contributed by atoms with Crippen molar-refractivity contribution < 1.29 is 4.79 Å². The van der Waals surface area contributed by atoms with Crippen LogP contribution in [0.25, 0.3) is 11.1 Å². The third-order valence-electron chi connectivity index (χ3n) is 4.68. The average Bonchev–Trinajstić information content (AvgIpc) is 2.58. The SMILES string of the molecule is CC1CCCCC1NC(=O)Nc1ccc(-c2ccccc2)cc1. The summed E-state index contributed by atoms with van der Waals surface area (Å²) in [5, 5.41) is 6.05. The van der Waals surface area contributed by atoms with E-state index < -0.39 is 0 Å². The zero-order chi connectivity index (χ0) is 16.1. The summed E-state index contributed by atoms with van der Waals surface area (Å²) in [7, 11) is 0. The molecule has 3 rings (SSSR count). The van der Waals surface area contributed by atoms with E-state index in [9.17, 15) is 4.79 Å². The standard InChI is InChI=1S/C20H24N2O/c1-15-7-5-6-10-19(15)22-20(23)21-18-13-11-17(12-14-18)16-8-3-2-4-9-16/h2-4,8-9,11-15,19H,5-7,10H2,1H3,(H2,21,22,23). The molecule has 0 saturated heterocycles. The lowest BCUT2D eigenvalue weighted by molar-refractivity contribution is 0.232. The van der Waals surface area contributed by atoms with Gasteiger partial charge in [0.2, 0.25) is 0 Å². The first-order chi connectivity index (χ1) is 11.2. The van der Waals surface area contributed by atoms with E-state index in [-0.39, 0.29) is 6.03 Å². The molecule has 1 aliphatic carbocycles. The molecule has 2 atom stereocenters. The molecule has 1 fully saturated rings. The van der Waals surface area contributed by atoms with Crippen molar-refractivity contribution in [2.75, 3.05) is 5.32 Å². The molecule has 0 aliphatic heterocycles. The van der Waals surface area contributed by atoms with E-state index in [1.165, 1.54) is 24.8 Å². The van der Waals surface area contributed by atoms with Gasteiger partial charge < -0.3 is 10.6 Å². The Morgan fingerprint density at radius 2 is 1.57 bits per heavy atom. The van der Waals surface area contributed by atoms with Crippen molar-refractivity contribution in [1.82, 2.24) is 5.32 Å². The highest BCUT2D eigenvalue weighted by molar-refractivity contribution is 5.89. The smallest absolute Gasteiger partial charge is 0.319 e. The predicted octanol–water partition coefficient (Wildman–Crippen LogP) is 5.05. The largest absolute Gasteiger partial charge is 0.335 e. The maximum absolute atomic E-state index is 12.2. The first-order valence-electron chi connectivity index (χ1n) is 8.45. The second-order valence-corrected chi connectivity index (χ2v) is 6.41. The summed E-state index contributed by atoms with van der Waals surface area (Å²) in [5.41, 5.74) is 3.16. The monoisotopic (exact) mass is 308 g/mol. The second-order valence-electron chi connectivity index (χ2n) is 6.41. The van der Waals surface area contributed by atoms with E-state index in [4.69, 9.17) is 0 Å². The summed E-state index contributed by atoms with van der Waals surface area (Å²) >= 11 is 0. The van der Waals surface area contributed by atoms with Crippen molar-refractivity contribution in [3.8, 4) is 11.1 Å². The molecule has 120 valence electrons. The Balaban J connectivity index is 1.58. The summed E-state index contributed by atoms with van der Waals surface area (Å²) in [6, 6.07) is 18.4. The molecule has 2 aromatic rings. The van der Waals surface area contributed by atoms with Crippen LogP contribution in [0.4, 0.5) is 10.5 Å². The Morgan fingerprint density at radius 1 is 0.913 bits per heavy atom. The highest BCUT2D eigenvalue weighted by Gasteiger charge is 2.22. The van der Waals surface area contributed by atoms with Crippen LogP contribution < -0.4 is 10.6 Å². The van der Waals surface area contributed by atoms with Crippen LogP contribution in [0.3, 0.4) is 0 Å². The van der Waals surface area contributed by atoms with Gasteiger partial charge >= 0.3 is 6.03 Å². The number of amides is 2. The number of carbonyl (C=O) groups excluding carboxylic acids is 1. The van der Waals surface area contributed by atoms with Gasteiger partial charge in [0.05, 0.1) is 0 Å². The third kappa shape index (κ3) is 4.13. The predicted molar refractivity (Wildman–Crippen MR) is 95.5 cm³/mol. The molecule has 0 bridgehead atoms. The fourth-order valence-electron chi connectivity index (χ4n) is 3.24. The van der Waals surface area contributed by atoms with E-state index in [1.807, 2.05) is 42.5 Å². The maximum Gasteiger partial charge on any atom is 0.319 e. The van der Waals surface area contributed by atoms with Crippen molar-refractivity contribution in [1.29, 1.82) is 0 Å². The molecule has 0 radical (unpaired) electrons. The van der Waals surface area contributed by atoms with Crippen molar-refractivity contribution in [2.24, 2.45) is 5.92 Å². The van der Waals surface area contributed by atoms with Crippen molar-refractivity contribution in [3.05, 3.63) is 54.6 Å². The molecule has 3 nitrogen and oxygen atoms in total. The minimum atomic E-state index is -0.101. The molecule has 3 heteroatoms. The van der Waals surface area contributed by atoms with Gasteiger partial charge in [-0.3, -0.25) is 0 Å². The number of carbonyl (C=O) groups is 1. The van der Waals surface area contributed by atoms with Crippen LogP contribution in [0.2, 0.25) is 0 Å². The number of rotatable bonds is 3. The van der Waals surface area contributed by atoms with Crippen molar-refractivity contribution in [3.63, 3.8) is 0 Å². The number of hydrogen-bond acceptors (Lipinski definition) is 1. The topological polar surface area (TPSA) is 41.1 Å². The van der Waals surface area contributed by atoms with Gasteiger partial charge in [0, 0.05) is 11.7 Å². The van der Waals surface area contributed by atoms with Crippen LogP contribution in [0.15, 0.2) is 54.6 Å². The van der Waals surface area contributed by atoms with E-state index in [0.717, 1.165) is 17.7 Å². The summed E-state index contributed by atoms with van der Waals surface area (Å²) in [6.07, 6.45) is 4.78. The lowest BCUT2D eigenvalue weighted by Gasteiger charge is -2.29. The van der Waals surface area contributed by atoms with E-state index in [0.29, 0.717) is 12.0 Å². The molecule has 2 aromatic carbocycles. The van der Waals surface area contributed by atoms with Gasteiger partial charge in [0.15, 0.2) is 0 Å². The minimum Gasteiger partial charge on any atom is -0.335 e. The fraction of sp³-hybridized carbons (Fsp3) is 0.350. The Morgan fingerprint density at radius 3 is 2.26 bits per heavy atom. The molecule has 0 heterocycles. The number of benzene rings is 2. The first kappa shape index (κ1) is 15.6. The van der Waals surface area contributed by atoms with Gasteiger partial charge in [-0.05, 0) is 42.0 Å². The molecule has 2 amide bonds. The van der Waals surface area contributed by atoms with Crippen LogP contribution in [0.5, 0.6) is 0 Å². The lowest BCUT2D eigenvalue weighted by atomic mass is 9.86. The minimum absolute atomic E-state index is 0.101. The van der Waals surface area contributed by atoms with E-state index in [2.05, 4.69) is 29.7 Å². The molecule has 2 N–H and O–H groups in total. The van der Waals surface area contributed by atoms with E-state index in [1.54, 1.807) is 0 Å². The molecular weight excluding hydrogens is 284 g/mol. The average molecular weight is 308 g/mol. The fourth-order valence-corrected chi connectivity index (χ4v) is 3.24. The number of urea groups is 1. The number of hydrogen-bond donors (Lipinski definition) is 2. The number of anilines is 1. The summed E-state index contributed by atoms with van der Waals surface area (Å²) in [5.74, 6) is 0.565. The van der Waals surface area contributed by atoms with Crippen LogP contribution in [-0.2, 0) is 0 Å². The Kier molecular flexibility index (Phi) is 4.96. The van der Waals surface area contributed by atoms with Gasteiger partial charge in [-0.25, -0.2) is 4.79 Å². The summed E-state index contributed by atoms with van der Waals surface area (Å²) in [4.78, 5) is 12.2. The van der Waals surface area contributed by atoms with Gasteiger partial charge in [0.25, 0.3) is 0 Å². The van der Waals surface area contributed by atoms with Crippen LogP contribution >= 0.6 is 0 Å². The summed E-state index contributed by atoms with van der Waals surface area (Å²) in [6.45, 7) is 2.22.